The third-order valence-electron chi connectivity index (χ3n) is 5.94. The van der Waals surface area contributed by atoms with Gasteiger partial charge in [0, 0.05) is 5.56 Å². The molecule has 1 amide bonds. The van der Waals surface area contributed by atoms with E-state index in [0.717, 1.165) is 30.0 Å². The Hall–Kier alpha value is -2.89. The fraction of sp³-hybridized carbons (Fsp3) is 0.417. The SMILES string of the molecule is CCOC(=O)c1ccc(C(=O)Nc2cc3c(cc2O)C(C)(C)CCC3(C)C)cc1F. The average Bonchev–Trinajstić information content (AvgIpc) is 2.66. The van der Waals surface area contributed by atoms with E-state index in [1.54, 1.807) is 13.0 Å². The molecule has 30 heavy (non-hydrogen) atoms. The number of ether oxygens (including phenoxy) is 1. The van der Waals surface area contributed by atoms with E-state index >= 15 is 0 Å². The molecule has 6 heteroatoms. The first-order chi connectivity index (χ1) is 14.0. The molecule has 0 fully saturated rings. The van der Waals surface area contributed by atoms with Crippen LogP contribution in [0.2, 0.25) is 0 Å². The van der Waals surface area contributed by atoms with Crippen LogP contribution in [-0.4, -0.2) is 23.6 Å². The van der Waals surface area contributed by atoms with E-state index in [-0.39, 0.29) is 40.0 Å². The fourth-order valence-corrected chi connectivity index (χ4v) is 3.93. The number of phenolic OH excluding ortho intramolecular Hbond substituents is 1. The maximum absolute atomic E-state index is 14.3. The number of anilines is 1. The monoisotopic (exact) mass is 413 g/mol. The highest BCUT2D eigenvalue weighted by molar-refractivity contribution is 6.05. The quantitative estimate of drug-likeness (QED) is 0.526. The first kappa shape index (κ1) is 21.8. The number of rotatable bonds is 4. The molecule has 2 aromatic carbocycles. The standard InChI is InChI=1S/C24H28FNO4/c1-6-30-22(29)15-8-7-14(11-18(15)25)21(28)26-19-12-16-17(13-20(19)27)24(4,5)10-9-23(16,2)3/h7-8,11-13,27H,6,9-10H2,1-5H3,(H,26,28). The predicted molar refractivity (Wildman–Crippen MR) is 114 cm³/mol. The molecule has 0 unspecified atom stereocenters. The van der Waals surface area contributed by atoms with E-state index in [1.165, 1.54) is 12.1 Å². The van der Waals surface area contributed by atoms with E-state index < -0.39 is 17.7 Å². The van der Waals surface area contributed by atoms with Crippen LogP contribution in [0.1, 0.15) is 79.3 Å². The van der Waals surface area contributed by atoms with Gasteiger partial charge >= 0.3 is 5.97 Å². The van der Waals surface area contributed by atoms with Gasteiger partial charge in [0.05, 0.1) is 17.9 Å². The smallest absolute Gasteiger partial charge is 0.341 e. The van der Waals surface area contributed by atoms with Crippen LogP contribution in [0, 0.1) is 5.82 Å². The molecular weight excluding hydrogens is 385 g/mol. The first-order valence-corrected chi connectivity index (χ1v) is 10.1. The van der Waals surface area contributed by atoms with E-state index in [1.807, 2.05) is 6.07 Å². The molecule has 0 bridgehead atoms. The predicted octanol–water partition coefficient (Wildman–Crippen LogP) is 5.31. The minimum Gasteiger partial charge on any atom is -0.506 e. The van der Waals surface area contributed by atoms with Crippen LogP contribution in [-0.2, 0) is 15.6 Å². The van der Waals surface area contributed by atoms with Crippen molar-refractivity contribution in [3.63, 3.8) is 0 Å². The van der Waals surface area contributed by atoms with Crippen molar-refractivity contribution in [3.8, 4) is 5.75 Å². The Bertz CT molecular complexity index is 1010. The van der Waals surface area contributed by atoms with E-state index in [9.17, 15) is 19.1 Å². The lowest BCUT2D eigenvalue weighted by Crippen LogP contribution is -2.34. The third kappa shape index (κ3) is 4.04. The molecule has 2 aromatic rings. The number of carbonyl (C=O) groups is 2. The number of hydrogen-bond donors (Lipinski definition) is 2. The second-order valence-electron chi connectivity index (χ2n) is 9.05. The van der Waals surface area contributed by atoms with Gasteiger partial charge < -0.3 is 15.2 Å². The van der Waals surface area contributed by atoms with Crippen LogP contribution in [0.15, 0.2) is 30.3 Å². The summed E-state index contributed by atoms with van der Waals surface area (Å²) >= 11 is 0. The average molecular weight is 413 g/mol. The number of aromatic hydroxyl groups is 1. The summed E-state index contributed by atoms with van der Waals surface area (Å²) in [6.07, 6.45) is 2.00. The number of phenols is 1. The summed E-state index contributed by atoms with van der Waals surface area (Å²) in [5.41, 5.74) is 2.07. The highest BCUT2D eigenvalue weighted by atomic mass is 19.1. The summed E-state index contributed by atoms with van der Waals surface area (Å²) in [5, 5.41) is 13.2. The van der Waals surface area contributed by atoms with Gasteiger partial charge in [-0.15, -0.1) is 0 Å². The van der Waals surface area contributed by atoms with Gasteiger partial charge in [-0.2, -0.15) is 0 Å². The van der Waals surface area contributed by atoms with Crippen molar-refractivity contribution in [2.24, 2.45) is 0 Å². The lowest BCUT2D eigenvalue weighted by atomic mass is 9.63. The Morgan fingerprint density at radius 1 is 1.07 bits per heavy atom. The summed E-state index contributed by atoms with van der Waals surface area (Å²) < 4.78 is 19.1. The molecule has 0 aromatic heterocycles. The molecular formula is C24H28FNO4. The molecule has 160 valence electrons. The van der Waals surface area contributed by atoms with Crippen LogP contribution in [0.4, 0.5) is 10.1 Å². The number of nitrogens with one attached hydrogen (secondary N) is 1. The summed E-state index contributed by atoms with van der Waals surface area (Å²) in [6, 6.07) is 7.10. The van der Waals surface area contributed by atoms with E-state index in [0.29, 0.717) is 0 Å². The van der Waals surface area contributed by atoms with Gasteiger partial charge in [0.2, 0.25) is 0 Å². The van der Waals surface area contributed by atoms with Crippen molar-refractivity contribution < 1.29 is 23.8 Å². The summed E-state index contributed by atoms with van der Waals surface area (Å²) in [5.74, 6) is -2.22. The fourth-order valence-electron chi connectivity index (χ4n) is 3.93. The number of hydrogen-bond acceptors (Lipinski definition) is 4. The molecule has 2 N–H and O–H groups in total. The van der Waals surface area contributed by atoms with Crippen LogP contribution in [0.25, 0.3) is 0 Å². The number of carbonyl (C=O) groups excluding carboxylic acids is 2. The van der Waals surface area contributed by atoms with Gasteiger partial charge in [0.1, 0.15) is 11.6 Å². The van der Waals surface area contributed by atoms with Gasteiger partial charge in [0.25, 0.3) is 5.91 Å². The maximum Gasteiger partial charge on any atom is 0.341 e. The van der Waals surface area contributed by atoms with Crippen LogP contribution in [0.5, 0.6) is 5.75 Å². The molecule has 0 spiro atoms. The Morgan fingerprint density at radius 2 is 1.67 bits per heavy atom. The minimum absolute atomic E-state index is 0.0310. The Morgan fingerprint density at radius 3 is 2.23 bits per heavy atom. The maximum atomic E-state index is 14.3. The number of halogens is 1. The molecule has 0 aliphatic heterocycles. The molecule has 0 radical (unpaired) electrons. The van der Waals surface area contributed by atoms with Gasteiger partial charge in [-0.3, -0.25) is 4.79 Å². The molecule has 0 saturated carbocycles. The van der Waals surface area contributed by atoms with Gasteiger partial charge in [-0.25, -0.2) is 9.18 Å². The van der Waals surface area contributed by atoms with Crippen molar-refractivity contribution >= 4 is 17.6 Å². The second-order valence-corrected chi connectivity index (χ2v) is 9.05. The third-order valence-corrected chi connectivity index (χ3v) is 5.94. The Labute approximate surface area is 176 Å². The highest BCUT2D eigenvalue weighted by Crippen LogP contribution is 2.48. The topological polar surface area (TPSA) is 75.6 Å². The molecule has 0 heterocycles. The van der Waals surface area contributed by atoms with Crippen LogP contribution in [0.3, 0.4) is 0 Å². The van der Waals surface area contributed by atoms with Crippen molar-refractivity contribution in [1.29, 1.82) is 0 Å². The normalized spacial score (nSPS) is 16.5. The number of amides is 1. The molecule has 1 aliphatic rings. The van der Waals surface area contributed by atoms with Crippen LogP contribution < -0.4 is 5.32 Å². The summed E-state index contributed by atoms with van der Waals surface area (Å²) in [4.78, 5) is 24.4. The number of benzene rings is 2. The molecule has 0 atom stereocenters. The number of fused-ring (bicyclic) bond motifs is 1. The zero-order valence-corrected chi connectivity index (χ0v) is 18.1. The van der Waals surface area contributed by atoms with Crippen molar-refractivity contribution in [1.82, 2.24) is 0 Å². The van der Waals surface area contributed by atoms with Crippen molar-refractivity contribution in [2.45, 2.75) is 58.3 Å². The second kappa shape index (κ2) is 7.74. The van der Waals surface area contributed by atoms with E-state index in [4.69, 9.17) is 4.74 Å². The van der Waals surface area contributed by atoms with Gasteiger partial charge in [-0.05, 0) is 72.1 Å². The summed E-state index contributed by atoms with van der Waals surface area (Å²) in [7, 11) is 0. The van der Waals surface area contributed by atoms with Gasteiger partial charge in [-0.1, -0.05) is 27.7 Å². The zero-order valence-electron chi connectivity index (χ0n) is 18.1. The van der Waals surface area contributed by atoms with Crippen molar-refractivity contribution in [2.75, 3.05) is 11.9 Å². The lowest BCUT2D eigenvalue weighted by molar-refractivity contribution is 0.0520. The molecule has 1 aliphatic carbocycles. The number of esters is 1. The molecule has 0 saturated heterocycles. The summed E-state index contributed by atoms with van der Waals surface area (Å²) in [6.45, 7) is 10.3. The highest BCUT2D eigenvalue weighted by Gasteiger charge is 2.38. The Kier molecular flexibility index (Phi) is 5.63. The van der Waals surface area contributed by atoms with Gasteiger partial charge in [0.15, 0.2) is 0 Å². The first-order valence-electron chi connectivity index (χ1n) is 10.1. The minimum atomic E-state index is -0.835. The largest absolute Gasteiger partial charge is 0.506 e. The van der Waals surface area contributed by atoms with Crippen LogP contribution >= 0.6 is 0 Å². The van der Waals surface area contributed by atoms with E-state index in [2.05, 4.69) is 33.0 Å². The molecule has 3 rings (SSSR count). The lowest BCUT2D eigenvalue weighted by Gasteiger charge is -2.42. The molecule has 5 nitrogen and oxygen atoms in total. The zero-order chi connectivity index (χ0) is 22.3. The van der Waals surface area contributed by atoms with Crippen molar-refractivity contribution in [3.05, 3.63) is 58.4 Å². The Balaban J connectivity index is 1.91.